The highest BCUT2D eigenvalue weighted by molar-refractivity contribution is 5.81. The van der Waals surface area contributed by atoms with E-state index in [1.165, 1.54) is 0 Å². The first-order valence-electron chi connectivity index (χ1n) is 5.15. The number of hydrogen-bond donors (Lipinski definition) is 1. The molecule has 0 aromatic carbocycles. The lowest BCUT2D eigenvalue weighted by Crippen LogP contribution is -2.54. The molecule has 0 spiro atoms. The van der Waals surface area contributed by atoms with Crippen molar-refractivity contribution in [1.82, 2.24) is 0 Å². The van der Waals surface area contributed by atoms with Gasteiger partial charge in [0.25, 0.3) is 0 Å². The van der Waals surface area contributed by atoms with Crippen LogP contribution in [0.3, 0.4) is 0 Å². The zero-order chi connectivity index (χ0) is 9.73. The first-order chi connectivity index (χ1) is 6.19. The predicted molar refractivity (Wildman–Crippen MR) is 51.3 cm³/mol. The molecule has 0 aliphatic heterocycles. The summed E-state index contributed by atoms with van der Waals surface area (Å²) in [6.07, 6.45) is 5.86. The number of nitrogens with two attached hydrogens (primary N) is 1. The predicted octanol–water partition coefficient (Wildman–Crippen LogP) is 1.60. The molecule has 0 saturated heterocycles. The highest BCUT2D eigenvalue weighted by Gasteiger charge is 2.41. The molecule has 2 N–H and O–H groups in total. The molecule has 3 nitrogen and oxygen atoms in total. The van der Waals surface area contributed by atoms with Gasteiger partial charge in [-0.3, -0.25) is 4.79 Å². The van der Waals surface area contributed by atoms with E-state index in [0.29, 0.717) is 6.61 Å². The van der Waals surface area contributed by atoms with Crippen LogP contribution in [-0.4, -0.2) is 18.1 Å². The third-order valence-electron chi connectivity index (χ3n) is 2.63. The molecule has 1 saturated carbocycles. The standard InChI is InChI=1S/C10H19NO2/c1-2-3-4-8-13-9(12)10(11)6-5-7-10/h2-8,11H2,1H3. The molecule has 1 aliphatic rings. The summed E-state index contributed by atoms with van der Waals surface area (Å²) in [6, 6.07) is 0. The number of carbonyl (C=O) groups is 1. The number of esters is 1. The van der Waals surface area contributed by atoms with Crippen molar-refractivity contribution in [1.29, 1.82) is 0 Å². The summed E-state index contributed by atoms with van der Waals surface area (Å²) in [5.74, 6) is -0.199. The maximum atomic E-state index is 11.4. The molecule has 0 aromatic heterocycles. The first-order valence-corrected chi connectivity index (χ1v) is 5.15. The molecule has 3 heteroatoms. The molecule has 76 valence electrons. The largest absolute Gasteiger partial charge is 0.464 e. The van der Waals surface area contributed by atoms with Gasteiger partial charge < -0.3 is 10.5 Å². The van der Waals surface area contributed by atoms with E-state index in [1.54, 1.807) is 0 Å². The van der Waals surface area contributed by atoms with E-state index < -0.39 is 5.54 Å². The number of unbranched alkanes of at least 4 members (excludes halogenated alkanes) is 2. The minimum Gasteiger partial charge on any atom is -0.464 e. The van der Waals surface area contributed by atoms with Crippen LogP contribution >= 0.6 is 0 Å². The van der Waals surface area contributed by atoms with Gasteiger partial charge in [0.15, 0.2) is 0 Å². The third kappa shape index (κ3) is 2.69. The van der Waals surface area contributed by atoms with Gasteiger partial charge in [0.05, 0.1) is 6.61 Å². The van der Waals surface area contributed by atoms with Gasteiger partial charge in [0.1, 0.15) is 5.54 Å². The minimum atomic E-state index is -0.633. The Labute approximate surface area is 79.6 Å². The SMILES string of the molecule is CCCCCOC(=O)C1(N)CCC1. The Morgan fingerprint density at radius 1 is 1.46 bits per heavy atom. The second-order valence-electron chi connectivity index (χ2n) is 3.85. The first kappa shape index (κ1) is 10.5. The molecule has 0 unspecified atom stereocenters. The lowest BCUT2D eigenvalue weighted by atomic mass is 9.78. The van der Waals surface area contributed by atoms with E-state index in [1.807, 2.05) is 0 Å². The van der Waals surface area contributed by atoms with E-state index in [0.717, 1.165) is 38.5 Å². The highest BCUT2D eigenvalue weighted by atomic mass is 16.5. The van der Waals surface area contributed by atoms with Crippen molar-refractivity contribution >= 4 is 5.97 Å². The Bertz CT molecular complexity index is 176. The summed E-state index contributed by atoms with van der Waals surface area (Å²) in [7, 11) is 0. The topological polar surface area (TPSA) is 52.3 Å². The van der Waals surface area contributed by atoms with E-state index in [2.05, 4.69) is 6.92 Å². The Kier molecular flexibility index (Phi) is 3.72. The van der Waals surface area contributed by atoms with Gasteiger partial charge in [-0.25, -0.2) is 0 Å². The smallest absolute Gasteiger partial charge is 0.326 e. The maximum absolute atomic E-state index is 11.4. The highest BCUT2D eigenvalue weighted by Crippen LogP contribution is 2.30. The second kappa shape index (κ2) is 4.61. The average Bonchev–Trinajstić information content (AvgIpc) is 2.08. The molecule has 13 heavy (non-hydrogen) atoms. The van der Waals surface area contributed by atoms with Gasteiger partial charge >= 0.3 is 5.97 Å². The molecular weight excluding hydrogens is 166 g/mol. The number of rotatable bonds is 5. The Hall–Kier alpha value is -0.570. The summed E-state index contributed by atoms with van der Waals surface area (Å²) >= 11 is 0. The zero-order valence-electron chi connectivity index (χ0n) is 8.34. The van der Waals surface area contributed by atoms with Crippen molar-refractivity contribution in [3.63, 3.8) is 0 Å². The van der Waals surface area contributed by atoms with Crippen molar-refractivity contribution in [3.8, 4) is 0 Å². The van der Waals surface area contributed by atoms with Gasteiger partial charge in [-0.05, 0) is 25.7 Å². The van der Waals surface area contributed by atoms with Crippen LogP contribution in [0.15, 0.2) is 0 Å². The van der Waals surface area contributed by atoms with Crippen LogP contribution in [0.25, 0.3) is 0 Å². The van der Waals surface area contributed by atoms with E-state index >= 15 is 0 Å². The van der Waals surface area contributed by atoms with Gasteiger partial charge in [-0.15, -0.1) is 0 Å². The Balaban J connectivity index is 2.10. The second-order valence-corrected chi connectivity index (χ2v) is 3.85. The quantitative estimate of drug-likeness (QED) is 0.523. The van der Waals surface area contributed by atoms with Crippen molar-refractivity contribution in [2.24, 2.45) is 5.73 Å². The monoisotopic (exact) mass is 185 g/mol. The Morgan fingerprint density at radius 3 is 2.62 bits per heavy atom. The fraction of sp³-hybridized carbons (Fsp3) is 0.900. The summed E-state index contributed by atoms with van der Waals surface area (Å²) in [5.41, 5.74) is 5.15. The van der Waals surface area contributed by atoms with Crippen LogP contribution in [0, 0.1) is 0 Å². The number of carbonyl (C=O) groups excluding carboxylic acids is 1. The molecule has 0 bridgehead atoms. The summed E-state index contributed by atoms with van der Waals surface area (Å²) in [6.45, 7) is 2.66. The summed E-state index contributed by atoms with van der Waals surface area (Å²) < 4.78 is 5.09. The van der Waals surface area contributed by atoms with Gasteiger partial charge in [0.2, 0.25) is 0 Å². The van der Waals surface area contributed by atoms with Crippen molar-refractivity contribution in [2.75, 3.05) is 6.61 Å². The van der Waals surface area contributed by atoms with Crippen LogP contribution in [0.1, 0.15) is 45.4 Å². The van der Waals surface area contributed by atoms with Gasteiger partial charge in [-0.2, -0.15) is 0 Å². The van der Waals surface area contributed by atoms with Gasteiger partial charge in [-0.1, -0.05) is 19.8 Å². The van der Waals surface area contributed by atoms with Crippen LogP contribution < -0.4 is 5.73 Å². The fourth-order valence-corrected chi connectivity index (χ4v) is 1.42. The van der Waals surface area contributed by atoms with E-state index in [-0.39, 0.29) is 5.97 Å². The summed E-state index contributed by atoms with van der Waals surface area (Å²) in [4.78, 5) is 11.4. The average molecular weight is 185 g/mol. The maximum Gasteiger partial charge on any atom is 0.326 e. The van der Waals surface area contributed by atoms with Crippen LogP contribution in [-0.2, 0) is 9.53 Å². The Morgan fingerprint density at radius 2 is 2.15 bits per heavy atom. The lowest BCUT2D eigenvalue weighted by Gasteiger charge is -2.35. The number of ether oxygens (including phenoxy) is 1. The van der Waals surface area contributed by atoms with Crippen molar-refractivity contribution in [2.45, 2.75) is 51.0 Å². The van der Waals surface area contributed by atoms with Crippen LogP contribution in [0.4, 0.5) is 0 Å². The molecule has 0 aromatic rings. The molecule has 1 fully saturated rings. The molecule has 1 rings (SSSR count). The fourth-order valence-electron chi connectivity index (χ4n) is 1.42. The molecule has 0 radical (unpaired) electrons. The normalized spacial score (nSPS) is 19.2. The van der Waals surface area contributed by atoms with Gasteiger partial charge in [0, 0.05) is 0 Å². The molecule has 0 amide bonds. The molecule has 0 heterocycles. The van der Waals surface area contributed by atoms with E-state index in [9.17, 15) is 4.79 Å². The van der Waals surface area contributed by atoms with E-state index in [4.69, 9.17) is 10.5 Å². The summed E-state index contributed by atoms with van der Waals surface area (Å²) in [5, 5.41) is 0. The minimum absolute atomic E-state index is 0.199. The van der Waals surface area contributed by atoms with Crippen LogP contribution in [0.2, 0.25) is 0 Å². The molecular formula is C10H19NO2. The van der Waals surface area contributed by atoms with Crippen molar-refractivity contribution in [3.05, 3.63) is 0 Å². The third-order valence-corrected chi connectivity index (χ3v) is 2.63. The lowest BCUT2D eigenvalue weighted by molar-refractivity contribution is -0.153. The molecule has 1 aliphatic carbocycles. The van der Waals surface area contributed by atoms with Crippen molar-refractivity contribution < 1.29 is 9.53 Å². The molecule has 0 atom stereocenters. The van der Waals surface area contributed by atoms with Crippen LogP contribution in [0.5, 0.6) is 0 Å². The zero-order valence-corrected chi connectivity index (χ0v) is 8.34. The number of hydrogen-bond acceptors (Lipinski definition) is 3.